The monoisotopic (exact) mass is 205 g/mol. The number of oxazole rings is 1. The van der Waals surface area contributed by atoms with Crippen LogP contribution >= 0.6 is 0 Å². The van der Waals surface area contributed by atoms with Crippen LogP contribution in [0, 0.1) is 0 Å². The number of aromatic nitrogens is 1. The number of aliphatic hydroxyl groups is 1. The highest BCUT2D eigenvalue weighted by Gasteiger charge is 1.89. The summed E-state index contributed by atoms with van der Waals surface area (Å²) < 4.78 is 5.06. The van der Waals surface area contributed by atoms with Crippen LogP contribution in [0.25, 0.3) is 0 Å². The molecular weight excluding hydrogens is 190 g/mol. The molecule has 0 aliphatic carbocycles. The van der Waals surface area contributed by atoms with Crippen LogP contribution in [0.3, 0.4) is 0 Å². The third-order valence-electron chi connectivity index (χ3n) is 1.79. The average Bonchev–Trinajstić information content (AvgIpc) is 2.75. The summed E-state index contributed by atoms with van der Waals surface area (Å²) in [6.45, 7) is 1.98. The summed E-state index contributed by atoms with van der Waals surface area (Å²) in [5.41, 5.74) is 0.940. The lowest BCUT2D eigenvalue weighted by atomic mass is 10.3. The van der Waals surface area contributed by atoms with E-state index in [1.165, 1.54) is 6.39 Å². The maximum Gasteiger partial charge on any atom is 0.180 e. The molecule has 15 heavy (non-hydrogen) atoms. The van der Waals surface area contributed by atoms with Crippen molar-refractivity contribution in [2.45, 2.75) is 13.3 Å². The van der Waals surface area contributed by atoms with Crippen LogP contribution in [0.2, 0.25) is 0 Å². The summed E-state index contributed by atoms with van der Waals surface area (Å²) >= 11 is 0. The summed E-state index contributed by atoms with van der Waals surface area (Å²) in [6, 6.07) is 0. The van der Waals surface area contributed by atoms with Gasteiger partial charge in [-0.3, -0.25) is 0 Å². The highest BCUT2D eigenvalue weighted by molar-refractivity contribution is 5.16. The summed E-state index contributed by atoms with van der Waals surface area (Å²) in [7, 11) is 0. The van der Waals surface area contributed by atoms with Gasteiger partial charge in [0, 0.05) is 6.42 Å². The Kier molecular flexibility index (Phi) is 5.19. The zero-order valence-corrected chi connectivity index (χ0v) is 8.76. The van der Waals surface area contributed by atoms with Crippen LogP contribution in [0.5, 0.6) is 0 Å². The van der Waals surface area contributed by atoms with E-state index in [0.717, 1.165) is 17.8 Å². The normalized spacial score (nSPS) is 13.1. The molecule has 1 N–H and O–H groups in total. The number of nitrogens with zero attached hydrogens (tertiary/aromatic N) is 1. The standard InChI is InChI=1S/C12H15NO2/c1-11(9-14)6-4-2-3-5-7-12-8-13-10-15-12/h2-6,8,10,14H,7,9H2,1H3/b4-2+,5-3+,11-6+. The van der Waals surface area contributed by atoms with Crippen LogP contribution in [0.4, 0.5) is 0 Å². The summed E-state index contributed by atoms with van der Waals surface area (Å²) in [5, 5.41) is 8.72. The van der Waals surface area contributed by atoms with Gasteiger partial charge in [-0.25, -0.2) is 4.98 Å². The maximum absolute atomic E-state index is 8.72. The molecule has 0 amide bonds. The second-order valence-corrected chi connectivity index (χ2v) is 3.16. The molecular formula is C12H15NO2. The van der Waals surface area contributed by atoms with E-state index in [2.05, 4.69) is 4.98 Å². The van der Waals surface area contributed by atoms with Gasteiger partial charge >= 0.3 is 0 Å². The molecule has 1 aromatic heterocycles. The second kappa shape index (κ2) is 6.79. The first-order valence-corrected chi connectivity index (χ1v) is 4.80. The fourth-order valence-corrected chi connectivity index (χ4v) is 0.942. The van der Waals surface area contributed by atoms with Gasteiger partial charge in [-0.15, -0.1) is 0 Å². The van der Waals surface area contributed by atoms with Crippen molar-refractivity contribution in [3.63, 3.8) is 0 Å². The van der Waals surface area contributed by atoms with E-state index in [1.807, 2.05) is 37.3 Å². The Morgan fingerprint density at radius 2 is 2.33 bits per heavy atom. The van der Waals surface area contributed by atoms with Crippen LogP contribution in [-0.4, -0.2) is 16.7 Å². The maximum atomic E-state index is 8.72. The molecule has 1 heterocycles. The predicted molar refractivity (Wildman–Crippen MR) is 59.3 cm³/mol. The molecule has 3 nitrogen and oxygen atoms in total. The minimum absolute atomic E-state index is 0.103. The Morgan fingerprint density at radius 1 is 1.47 bits per heavy atom. The van der Waals surface area contributed by atoms with Gasteiger partial charge in [0.2, 0.25) is 0 Å². The molecule has 0 saturated heterocycles. The number of allylic oxidation sites excluding steroid dienone is 5. The first-order chi connectivity index (χ1) is 7.33. The minimum Gasteiger partial charge on any atom is -0.448 e. The molecule has 0 aromatic carbocycles. The Bertz CT molecular complexity index is 348. The van der Waals surface area contributed by atoms with E-state index in [0.29, 0.717) is 0 Å². The SMILES string of the molecule is C\C(=C/C=C/C=C/Cc1cnco1)CO. The van der Waals surface area contributed by atoms with Crippen molar-refractivity contribution in [3.8, 4) is 0 Å². The van der Waals surface area contributed by atoms with Gasteiger partial charge < -0.3 is 9.52 Å². The molecule has 0 aliphatic rings. The summed E-state index contributed by atoms with van der Waals surface area (Å²) in [6.07, 6.45) is 13.5. The van der Waals surface area contributed by atoms with Crippen LogP contribution < -0.4 is 0 Å². The molecule has 3 heteroatoms. The number of rotatable bonds is 5. The van der Waals surface area contributed by atoms with E-state index in [1.54, 1.807) is 6.20 Å². The van der Waals surface area contributed by atoms with Crippen molar-refractivity contribution in [2.75, 3.05) is 6.61 Å². The quantitative estimate of drug-likeness (QED) is 0.750. The molecule has 80 valence electrons. The van der Waals surface area contributed by atoms with Crippen molar-refractivity contribution in [1.82, 2.24) is 4.98 Å². The summed E-state index contributed by atoms with van der Waals surface area (Å²) in [4.78, 5) is 3.82. The van der Waals surface area contributed by atoms with E-state index < -0.39 is 0 Å². The van der Waals surface area contributed by atoms with Gasteiger partial charge in [-0.2, -0.15) is 0 Å². The van der Waals surface area contributed by atoms with E-state index in [4.69, 9.17) is 9.52 Å². The van der Waals surface area contributed by atoms with Crippen LogP contribution in [-0.2, 0) is 6.42 Å². The van der Waals surface area contributed by atoms with Crippen molar-refractivity contribution < 1.29 is 9.52 Å². The molecule has 1 rings (SSSR count). The smallest absolute Gasteiger partial charge is 0.180 e. The first-order valence-electron chi connectivity index (χ1n) is 4.80. The van der Waals surface area contributed by atoms with Crippen LogP contribution in [0.1, 0.15) is 12.7 Å². The Hall–Kier alpha value is -1.61. The van der Waals surface area contributed by atoms with E-state index >= 15 is 0 Å². The van der Waals surface area contributed by atoms with Crippen molar-refractivity contribution in [2.24, 2.45) is 0 Å². The highest BCUT2D eigenvalue weighted by atomic mass is 16.3. The highest BCUT2D eigenvalue weighted by Crippen LogP contribution is 1.98. The molecule has 1 aromatic rings. The average molecular weight is 205 g/mol. The number of hydrogen-bond acceptors (Lipinski definition) is 3. The van der Waals surface area contributed by atoms with Gasteiger partial charge in [0.05, 0.1) is 12.8 Å². The van der Waals surface area contributed by atoms with Gasteiger partial charge in [0.15, 0.2) is 6.39 Å². The lowest BCUT2D eigenvalue weighted by Gasteiger charge is -1.87. The molecule has 0 saturated carbocycles. The molecule has 0 radical (unpaired) electrons. The zero-order valence-electron chi connectivity index (χ0n) is 8.76. The second-order valence-electron chi connectivity index (χ2n) is 3.16. The lowest BCUT2D eigenvalue weighted by molar-refractivity contribution is 0.331. The molecule has 0 spiro atoms. The molecule has 0 aliphatic heterocycles. The number of aliphatic hydroxyl groups excluding tert-OH is 1. The minimum atomic E-state index is 0.103. The van der Waals surface area contributed by atoms with Crippen molar-refractivity contribution in [3.05, 3.63) is 54.3 Å². The Balaban J connectivity index is 2.28. The van der Waals surface area contributed by atoms with E-state index in [-0.39, 0.29) is 6.61 Å². The van der Waals surface area contributed by atoms with Crippen molar-refractivity contribution >= 4 is 0 Å². The fraction of sp³-hybridized carbons (Fsp3) is 0.250. The molecule has 0 bridgehead atoms. The van der Waals surface area contributed by atoms with Crippen LogP contribution in [0.15, 0.2) is 53.0 Å². The first kappa shape index (κ1) is 11.5. The lowest BCUT2D eigenvalue weighted by Crippen LogP contribution is -1.80. The molecule has 0 unspecified atom stereocenters. The topological polar surface area (TPSA) is 46.3 Å². The van der Waals surface area contributed by atoms with Gasteiger partial charge in [-0.05, 0) is 12.5 Å². The molecule has 0 fully saturated rings. The van der Waals surface area contributed by atoms with Crippen molar-refractivity contribution in [1.29, 1.82) is 0 Å². The third-order valence-corrected chi connectivity index (χ3v) is 1.79. The van der Waals surface area contributed by atoms with Gasteiger partial charge in [0.1, 0.15) is 5.76 Å². The number of hydrogen-bond donors (Lipinski definition) is 1. The Morgan fingerprint density at radius 3 is 3.00 bits per heavy atom. The Labute approximate surface area is 89.5 Å². The van der Waals surface area contributed by atoms with Gasteiger partial charge in [0.25, 0.3) is 0 Å². The predicted octanol–water partition coefficient (Wildman–Crippen LogP) is 2.27. The van der Waals surface area contributed by atoms with Gasteiger partial charge in [-0.1, -0.05) is 30.4 Å². The van der Waals surface area contributed by atoms with E-state index in [9.17, 15) is 0 Å². The largest absolute Gasteiger partial charge is 0.448 e. The third kappa shape index (κ3) is 4.98. The summed E-state index contributed by atoms with van der Waals surface area (Å²) in [5.74, 6) is 0.849. The fourth-order valence-electron chi connectivity index (χ4n) is 0.942. The molecule has 0 atom stereocenters. The zero-order chi connectivity index (χ0) is 10.9.